The fourth-order valence-corrected chi connectivity index (χ4v) is 1.83. The molecule has 0 bridgehead atoms. The molecule has 2 N–H and O–H groups in total. The molecule has 2 rings (SSSR count). The standard InChI is InChI=1S/C9H8ClN3S/c10-7-3-1-2-6(4-7)5-8-12-9(11)14-13-8/h1-4H,5H2,(H2,11,12,13). The van der Waals surface area contributed by atoms with Crippen LogP contribution < -0.4 is 5.73 Å². The van der Waals surface area contributed by atoms with Gasteiger partial charge in [0.05, 0.1) is 0 Å². The van der Waals surface area contributed by atoms with Crippen LogP contribution in [-0.4, -0.2) is 9.36 Å². The molecule has 3 nitrogen and oxygen atoms in total. The van der Waals surface area contributed by atoms with E-state index in [9.17, 15) is 0 Å². The highest BCUT2D eigenvalue weighted by Gasteiger charge is 2.02. The maximum absolute atomic E-state index is 5.85. The van der Waals surface area contributed by atoms with Gasteiger partial charge in [-0.15, -0.1) is 0 Å². The molecule has 14 heavy (non-hydrogen) atoms. The first-order valence-electron chi connectivity index (χ1n) is 4.06. The number of nitrogens with two attached hydrogens (primary N) is 1. The maximum Gasteiger partial charge on any atom is 0.199 e. The second-order valence-electron chi connectivity index (χ2n) is 2.86. The topological polar surface area (TPSA) is 51.8 Å². The van der Waals surface area contributed by atoms with Crippen LogP contribution in [0.25, 0.3) is 0 Å². The Hall–Kier alpha value is -1.13. The van der Waals surface area contributed by atoms with Crippen molar-refractivity contribution in [1.29, 1.82) is 0 Å². The van der Waals surface area contributed by atoms with Crippen molar-refractivity contribution in [3.05, 3.63) is 40.7 Å². The lowest BCUT2D eigenvalue weighted by Gasteiger charge is -1.97. The molecule has 0 aliphatic heterocycles. The minimum atomic E-state index is 0.502. The van der Waals surface area contributed by atoms with Crippen LogP contribution in [0.3, 0.4) is 0 Å². The van der Waals surface area contributed by atoms with E-state index in [1.165, 1.54) is 11.5 Å². The molecule has 1 heterocycles. The predicted octanol–water partition coefficient (Wildman–Crippen LogP) is 2.36. The summed E-state index contributed by atoms with van der Waals surface area (Å²) < 4.78 is 4.10. The van der Waals surface area contributed by atoms with Gasteiger partial charge in [-0.2, -0.15) is 4.37 Å². The molecule has 0 fully saturated rings. The van der Waals surface area contributed by atoms with E-state index < -0.39 is 0 Å². The Balaban J connectivity index is 2.18. The maximum atomic E-state index is 5.85. The van der Waals surface area contributed by atoms with E-state index in [-0.39, 0.29) is 0 Å². The van der Waals surface area contributed by atoms with E-state index in [1.54, 1.807) is 0 Å². The predicted molar refractivity (Wildman–Crippen MR) is 58.6 cm³/mol. The number of benzene rings is 1. The van der Waals surface area contributed by atoms with E-state index in [0.717, 1.165) is 16.4 Å². The Bertz CT molecular complexity index is 441. The first kappa shape index (κ1) is 9.43. The molecule has 0 radical (unpaired) electrons. The van der Waals surface area contributed by atoms with Gasteiger partial charge in [-0.05, 0) is 17.7 Å². The summed E-state index contributed by atoms with van der Waals surface area (Å²) in [6, 6.07) is 7.64. The highest BCUT2D eigenvalue weighted by Crippen LogP contribution is 2.14. The third-order valence-corrected chi connectivity index (χ3v) is 2.55. The Morgan fingerprint density at radius 3 is 2.93 bits per heavy atom. The summed E-state index contributed by atoms with van der Waals surface area (Å²) in [7, 11) is 0. The van der Waals surface area contributed by atoms with Crippen molar-refractivity contribution in [1.82, 2.24) is 9.36 Å². The van der Waals surface area contributed by atoms with Crippen LogP contribution >= 0.6 is 23.1 Å². The molecule has 0 saturated heterocycles. The zero-order valence-corrected chi connectivity index (χ0v) is 8.85. The quantitative estimate of drug-likeness (QED) is 0.854. The van der Waals surface area contributed by atoms with Crippen molar-refractivity contribution in [2.75, 3.05) is 5.73 Å². The number of hydrogen-bond donors (Lipinski definition) is 1. The summed E-state index contributed by atoms with van der Waals surface area (Å²) in [6.45, 7) is 0. The number of anilines is 1. The van der Waals surface area contributed by atoms with E-state index in [4.69, 9.17) is 17.3 Å². The van der Waals surface area contributed by atoms with Crippen molar-refractivity contribution >= 4 is 28.3 Å². The third kappa shape index (κ3) is 2.21. The average molecular weight is 226 g/mol. The number of nitrogens with zero attached hydrogens (tertiary/aromatic N) is 2. The summed E-state index contributed by atoms with van der Waals surface area (Å²) >= 11 is 7.06. The molecular weight excluding hydrogens is 218 g/mol. The van der Waals surface area contributed by atoms with Crippen LogP contribution in [0.5, 0.6) is 0 Å². The first-order chi connectivity index (χ1) is 6.74. The largest absolute Gasteiger partial charge is 0.374 e. The molecule has 0 unspecified atom stereocenters. The Kier molecular flexibility index (Phi) is 2.65. The number of halogens is 1. The van der Waals surface area contributed by atoms with E-state index >= 15 is 0 Å². The smallest absolute Gasteiger partial charge is 0.199 e. The van der Waals surface area contributed by atoms with Crippen molar-refractivity contribution in [3.8, 4) is 0 Å². The molecule has 1 aromatic heterocycles. The number of nitrogen functional groups attached to an aromatic ring is 1. The molecular formula is C9H8ClN3S. The van der Waals surface area contributed by atoms with Gasteiger partial charge in [0.25, 0.3) is 0 Å². The number of hydrogen-bond acceptors (Lipinski definition) is 4. The van der Waals surface area contributed by atoms with Gasteiger partial charge in [0.15, 0.2) is 5.13 Å². The Morgan fingerprint density at radius 1 is 1.43 bits per heavy atom. The minimum Gasteiger partial charge on any atom is -0.374 e. The first-order valence-corrected chi connectivity index (χ1v) is 5.22. The molecule has 5 heteroatoms. The lowest BCUT2D eigenvalue weighted by Crippen LogP contribution is -1.91. The number of aromatic nitrogens is 2. The highest BCUT2D eigenvalue weighted by atomic mass is 35.5. The zero-order chi connectivity index (χ0) is 9.97. The summed E-state index contributed by atoms with van der Waals surface area (Å²) in [6.07, 6.45) is 0.675. The van der Waals surface area contributed by atoms with Gasteiger partial charge < -0.3 is 5.73 Å². The average Bonchev–Trinajstić information content (AvgIpc) is 2.51. The molecule has 0 aliphatic carbocycles. The van der Waals surface area contributed by atoms with Crippen LogP contribution in [-0.2, 0) is 6.42 Å². The van der Waals surface area contributed by atoms with Crippen LogP contribution in [0, 0.1) is 0 Å². The van der Waals surface area contributed by atoms with Gasteiger partial charge in [-0.1, -0.05) is 23.7 Å². The van der Waals surface area contributed by atoms with Gasteiger partial charge in [0.2, 0.25) is 0 Å². The van der Waals surface area contributed by atoms with Gasteiger partial charge >= 0.3 is 0 Å². The van der Waals surface area contributed by atoms with Crippen LogP contribution in [0.1, 0.15) is 11.4 Å². The van der Waals surface area contributed by atoms with Gasteiger partial charge in [0, 0.05) is 23.0 Å². The Morgan fingerprint density at radius 2 is 2.29 bits per heavy atom. The van der Waals surface area contributed by atoms with Gasteiger partial charge in [-0.3, -0.25) is 0 Å². The molecule has 0 saturated carbocycles. The molecule has 2 aromatic rings. The second kappa shape index (κ2) is 3.94. The summed E-state index contributed by atoms with van der Waals surface area (Å²) in [4.78, 5) is 4.08. The zero-order valence-electron chi connectivity index (χ0n) is 7.27. The molecule has 0 spiro atoms. The summed E-state index contributed by atoms with van der Waals surface area (Å²) in [5.41, 5.74) is 6.57. The van der Waals surface area contributed by atoms with E-state index in [2.05, 4.69) is 9.36 Å². The van der Waals surface area contributed by atoms with Crippen LogP contribution in [0.15, 0.2) is 24.3 Å². The highest BCUT2D eigenvalue weighted by molar-refractivity contribution is 7.09. The SMILES string of the molecule is Nc1nc(Cc2cccc(Cl)c2)ns1. The van der Waals surface area contributed by atoms with Crippen molar-refractivity contribution < 1.29 is 0 Å². The molecule has 0 atom stereocenters. The molecule has 1 aromatic carbocycles. The lowest BCUT2D eigenvalue weighted by atomic mass is 10.1. The van der Waals surface area contributed by atoms with Crippen molar-refractivity contribution in [3.63, 3.8) is 0 Å². The van der Waals surface area contributed by atoms with Gasteiger partial charge in [0.1, 0.15) is 5.82 Å². The lowest BCUT2D eigenvalue weighted by molar-refractivity contribution is 1.04. The molecule has 0 aliphatic rings. The molecule has 0 amide bonds. The number of rotatable bonds is 2. The fraction of sp³-hybridized carbons (Fsp3) is 0.111. The third-order valence-electron chi connectivity index (χ3n) is 1.74. The minimum absolute atomic E-state index is 0.502. The summed E-state index contributed by atoms with van der Waals surface area (Å²) in [5, 5.41) is 1.23. The fourth-order valence-electron chi connectivity index (χ4n) is 1.17. The normalized spacial score (nSPS) is 10.4. The van der Waals surface area contributed by atoms with E-state index in [0.29, 0.717) is 11.6 Å². The summed E-state index contributed by atoms with van der Waals surface area (Å²) in [5.74, 6) is 0.745. The second-order valence-corrected chi connectivity index (χ2v) is 4.08. The van der Waals surface area contributed by atoms with E-state index in [1.807, 2.05) is 24.3 Å². The van der Waals surface area contributed by atoms with Gasteiger partial charge in [-0.25, -0.2) is 4.98 Å². The van der Waals surface area contributed by atoms with Crippen molar-refractivity contribution in [2.24, 2.45) is 0 Å². The molecule has 72 valence electrons. The monoisotopic (exact) mass is 225 g/mol. The van der Waals surface area contributed by atoms with Crippen LogP contribution in [0.2, 0.25) is 5.02 Å². The van der Waals surface area contributed by atoms with Crippen LogP contribution in [0.4, 0.5) is 5.13 Å². The Labute approximate surface area is 90.7 Å². The van der Waals surface area contributed by atoms with Crippen molar-refractivity contribution in [2.45, 2.75) is 6.42 Å².